The molecule has 0 radical (unpaired) electrons. The number of carbonyl (C=O) groups excluding carboxylic acids is 1. The first-order valence-corrected chi connectivity index (χ1v) is 7.77. The predicted octanol–water partition coefficient (Wildman–Crippen LogP) is 2.59. The maximum atomic E-state index is 11.7. The summed E-state index contributed by atoms with van der Waals surface area (Å²) in [6.07, 6.45) is 1.72. The molecule has 6 nitrogen and oxygen atoms in total. The molecule has 1 heterocycles. The third-order valence-corrected chi connectivity index (χ3v) is 3.84. The second-order valence-electron chi connectivity index (χ2n) is 4.52. The Bertz CT molecular complexity index is 572. The number of hydrogen-bond donors (Lipinski definition) is 2. The van der Waals surface area contributed by atoms with Crippen LogP contribution in [0.5, 0.6) is 11.5 Å². The van der Waals surface area contributed by atoms with E-state index < -0.39 is 0 Å². The van der Waals surface area contributed by atoms with E-state index in [0.717, 1.165) is 16.5 Å². The molecule has 0 saturated heterocycles. The molecule has 2 aromatic rings. The van der Waals surface area contributed by atoms with Gasteiger partial charge in [0.1, 0.15) is 23.1 Å². The number of nitrogens with zero attached hydrogens (tertiary/aromatic N) is 1. The van der Waals surface area contributed by atoms with Gasteiger partial charge in [-0.2, -0.15) is 0 Å². The summed E-state index contributed by atoms with van der Waals surface area (Å²) in [5.41, 5.74) is 0. The van der Waals surface area contributed by atoms with Crippen LogP contribution in [-0.2, 0) is 0 Å². The molecule has 0 aliphatic rings. The zero-order valence-electron chi connectivity index (χ0n) is 12.5. The van der Waals surface area contributed by atoms with Gasteiger partial charge >= 0.3 is 6.03 Å². The Morgan fingerprint density at radius 2 is 2.05 bits per heavy atom. The lowest BCUT2D eigenvalue weighted by Crippen LogP contribution is -2.38. The van der Waals surface area contributed by atoms with Crippen LogP contribution >= 0.6 is 11.3 Å². The lowest BCUT2D eigenvalue weighted by Gasteiger charge is -2.12. The fourth-order valence-corrected chi connectivity index (χ4v) is 2.41. The average Bonchev–Trinajstić information content (AvgIpc) is 3.06. The fourth-order valence-electron chi connectivity index (χ4n) is 1.76. The van der Waals surface area contributed by atoms with Crippen molar-refractivity contribution in [3.63, 3.8) is 0 Å². The third-order valence-electron chi connectivity index (χ3n) is 2.89. The largest absolute Gasteiger partial charge is 0.497 e. The monoisotopic (exact) mass is 321 g/mol. The van der Waals surface area contributed by atoms with Crippen molar-refractivity contribution in [3.8, 4) is 11.5 Å². The lowest BCUT2D eigenvalue weighted by molar-refractivity contribution is 0.233. The minimum atomic E-state index is -0.235. The summed E-state index contributed by atoms with van der Waals surface area (Å²) in [5.74, 6) is 1.51. The number of amides is 2. The molecule has 118 valence electrons. The van der Waals surface area contributed by atoms with Crippen molar-refractivity contribution in [2.75, 3.05) is 20.3 Å². The Labute approximate surface area is 133 Å². The highest BCUT2D eigenvalue weighted by Gasteiger charge is 2.10. The summed E-state index contributed by atoms with van der Waals surface area (Å²) >= 11 is 1.51. The van der Waals surface area contributed by atoms with Gasteiger partial charge in [-0.15, -0.1) is 11.3 Å². The number of methoxy groups -OCH3 is 1. The Kier molecular flexibility index (Phi) is 6.02. The van der Waals surface area contributed by atoms with Gasteiger partial charge in [0, 0.05) is 11.6 Å². The van der Waals surface area contributed by atoms with Crippen LogP contribution in [0.25, 0.3) is 0 Å². The maximum Gasteiger partial charge on any atom is 0.315 e. The molecule has 2 N–H and O–H groups in total. The number of nitrogens with one attached hydrogen (secondary N) is 2. The van der Waals surface area contributed by atoms with Gasteiger partial charge in [-0.25, -0.2) is 9.78 Å². The van der Waals surface area contributed by atoms with Crippen molar-refractivity contribution in [2.45, 2.75) is 13.0 Å². The molecule has 22 heavy (non-hydrogen) atoms. The molecule has 0 spiro atoms. The number of hydrogen-bond acceptors (Lipinski definition) is 5. The number of aromatic nitrogens is 1. The molecular weight excluding hydrogens is 302 g/mol. The molecule has 2 amide bonds. The van der Waals surface area contributed by atoms with Gasteiger partial charge < -0.3 is 20.1 Å². The summed E-state index contributed by atoms with van der Waals surface area (Å²) in [7, 11) is 1.62. The van der Waals surface area contributed by atoms with Crippen molar-refractivity contribution >= 4 is 17.4 Å². The molecule has 0 bridgehead atoms. The van der Waals surface area contributed by atoms with E-state index in [2.05, 4.69) is 15.6 Å². The van der Waals surface area contributed by atoms with Gasteiger partial charge in [-0.1, -0.05) is 0 Å². The number of thiazole rings is 1. The Morgan fingerprint density at radius 3 is 2.68 bits per heavy atom. The summed E-state index contributed by atoms with van der Waals surface area (Å²) in [5, 5.41) is 8.33. The van der Waals surface area contributed by atoms with Crippen LogP contribution in [-0.4, -0.2) is 31.3 Å². The zero-order valence-corrected chi connectivity index (χ0v) is 13.4. The number of ether oxygens (including phenoxy) is 2. The van der Waals surface area contributed by atoms with Gasteiger partial charge in [0.05, 0.1) is 19.7 Å². The van der Waals surface area contributed by atoms with E-state index in [1.54, 1.807) is 13.3 Å². The topological polar surface area (TPSA) is 72.5 Å². The Hall–Kier alpha value is -2.28. The van der Waals surface area contributed by atoms with Crippen LogP contribution in [0.1, 0.15) is 18.0 Å². The molecule has 1 aromatic heterocycles. The summed E-state index contributed by atoms with van der Waals surface area (Å²) in [4.78, 5) is 15.9. The molecule has 1 unspecified atom stereocenters. The minimum absolute atomic E-state index is 0.109. The SMILES string of the molecule is COc1ccc(OCCNC(=O)NC(C)c2nccs2)cc1. The van der Waals surface area contributed by atoms with E-state index in [-0.39, 0.29) is 12.1 Å². The number of carbonyl (C=O) groups is 1. The van der Waals surface area contributed by atoms with E-state index in [1.165, 1.54) is 11.3 Å². The number of rotatable bonds is 7. The highest BCUT2D eigenvalue weighted by atomic mass is 32.1. The quantitative estimate of drug-likeness (QED) is 0.769. The molecular formula is C15H19N3O3S. The van der Waals surface area contributed by atoms with E-state index in [0.29, 0.717) is 13.2 Å². The van der Waals surface area contributed by atoms with Crippen LogP contribution < -0.4 is 20.1 Å². The molecule has 2 rings (SSSR count). The van der Waals surface area contributed by atoms with Crippen LogP contribution in [0.2, 0.25) is 0 Å². The predicted molar refractivity (Wildman–Crippen MR) is 85.6 cm³/mol. The van der Waals surface area contributed by atoms with E-state index >= 15 is 0 Å². The second-order valence-corrected chi connectivity index (χ2v) is 5.44. The zero-order chi connectivity index (χ0) is 15.8. The van der Waals surface area contributed by atoms with Crippen molar-refractivity contribution in [2.24, 2.45) is 0 Å². The highest BCUT2D eigenvalue weighted by molar-refractivity contribution is 7.09. The molecule has 7 heteroatoms. The highest BCUT2D eigenvalue weighted by Crippen LogP contribution is 2.16. The first kappa shape index (κ1) is 16.1. The third kappa shape index (κ3) is 4.92. The van der Waals surface area contributed by atoms with Crippen LogP contribution in [0, 0.1) is 0 Å². The first-order chi connectivity index (χ1) is 10.7. The number of urea groups is 1. The molecule has 1 atom stereocenters. The summed E-state index contributed by atoms with van der Waals surface area (Å²) in [6.45, 7) is 2.71. The Morgan fingerprint density at radius 1 is 1.32 bits per heavy atom. The molecule has 0 saturated carbocycles. The average molecular weight is 321 g/mol. The van der Waals surface area contributed by atoms with Crippen molar-refractivity contribution in [1.82, 2.24) is 15.6 Å². The minimum Gasteiger partial charge on any atom is -0.497 e. The van der Waals surface area contributed by atoms with Gasteiger partial charge in [-0.05, 0) is 31.2 Å². The van der Waals surface area contributed by atoms with Crippen LogP contribution in [0.15, 0.2) is 35.8 Å². The normalized spacial score (nSPS) is 11.5. The molecule has 0 aliphatic heterocycles. The first-order valence-electron chi connectivity index (χ1n) is 6.89. The molecule has 1 aromatic carbocycles. The van der Waals surface area contributed by atoms with Gasteiger partial charge in [0.2, 0.25) is 0 Å². The van der Waals surface area contributed by atoms with Gasteiger partial charge in [-0.3, -0.25) is 0 Å². The summed E-state index contributed by atoms with van der Waals surface area (Å²) in [6, 6.07) is 6.95. The Balaban J connectivity index is 1.64. The summed E-state index contributed by atoms with van der Waals surface area (Å²) < 4.78 is 10.6. The fraction of sp³-hybridized carbons (Fsp3) is 0.333. The molecule has 0 fully saturated rings. The van der Waals surface area contributed by atoms with E-state index in [1.807, 2.05) is 36.6 Å². The van der Waals surface area contributed by atoms with Crippen molar-refractivity contribution in [3.05, 3.63) is 40.8 Å². The van der Waals surface area contributed by atoms with Crippen LogP contribution in [0.4, 0.5) is 4.79 Å². The van der Waals surface area contributed by atoms with Gasteiger partial charge in [0.25, 0.3) is 0 Å². The van der Waals surface area contributed by atoms with Gasteiger partial charge in [0.15, 0.2) is 0 Å². The lowest BCUT2D eigenvalue weighted by atomic mass is 10.3. The van der Waals surface area contributed by atoms with E-state index in [9.17, 15) is 4.79 Å². The van der Waals surface area contributed by atoms with Crippen molar-refractivity contribution < 1.29 is 14.3 Å². The van der Waals surface area contributed by atoms with E-state index in [4.69, 9.17) is 9.47 Å². The van der Waals surface area contributed by atoms with Crippen LogP contribution in [0.3, 0.4) is 0 Å². The second kappa shape index (κ2) is 8.23. The smallest absolute Gasteiger partial charge is 0.315 e. The van der Waals surface area contributed by atoms with Crippen molar-refractivity contribution in [1.29, 1.82) is 0 Å². The maximum absolute atomic E-state index is 11.7. The number of benzene rings is 1. The standard InChI is InChI=1S/C15H19N3O3S/c1-11(14-16-8-10-22-14)18-15(19)17-7-9-21-13-5-3-12(20-2)4-6-13/h3-6,8,10-11H,7,9H2,1-2H3,(H2,17,18,19). The molecule has 0 aliphatic carbocycles.